The van der Waals surface area contributed by atoms with Crippen molar-refractivity contribution in [3.63, 3.8) is 0 Å². The first-order valence-corrected chi connectivity index (χ1v) is 7.15. The molecule has 0 aromatic heterocycles. The summed E-state index contributed by atoms with van der Waals surface area (Å²) in [5.41, 5.74) is 0.736. The number of benzene rings is 1. The third-order valence-corrected chi connectivity index (χ3v) is 4.20. The molecular weight excluding hydrogens is 328 g/mol. The van der Waals surface area contributed by atoms with Gasteiger partial charge in [0, 0.05) is 17.6 Å². The number of aryl methyl sites for hydroxylation is 1. The van der Waals surface area contributed by atoms with Gasteiger partial charge in [-0.05, 0) is 31.7 Å². The number of hydrogen-bond donors (Lipinski definition) is 2. The first-order chi connectivity index (χ1) is 7.47. The Morgan fingerprint density at radius 1 is 1.29 bits per heavy atom. The van der Waals surface area contributed by atoms with Gasteiger partial charge in [0.2, 0.25) is 10.0 Å². The normalized spacial score (nSPS) is 11.0. The topological polar surface area (TPSA) is 58.2 Å². The zero-order valence-electron chi connectivity index (χ0n) is 9.66. The molecule has 0 bridgehead atoms. The second-order valence-electron chi connectivity index (χ2n) is 3.41. The third-order valence-electron chi connectivity index (χ3n) is 2.11. The molecule has 0 aliphatic carbocycles. The lowest BCUT2D eigenvalue weighted by molar-refractivity contribution is 0.579. The van der Waals surface area contributed by atoms with Crippen LogP contribution in [0.2, 0.25) is 0 Å². The lowest BCUT2D eigenvalue weighted by atomic mass is 10.2. The zero-order chi connectivity index (χ0) is 12.2. The first kappa shape index (κ1) is 16.9. The molecule has 7 heteroatoms. The molecule has 0 fully saturated rings. The smallest absolute Gasteiger partial charge is 0.240 e. The molecule has 0 saturated heterocycles. The second kappa shape index (κ2) is 7.33. The summed E-state index contributed by atoms with van der Waals surface area (Å²) in [6, 6.07) is 5.20. The molecular formula is C10H16BrClN2O2S. The average molecular weight is 344 g/mol. The van der Waals surface area contributed by atoms with Crippen LogP contribution in [0.3, 0.4) is 0 Å². The summed E-state index contributed by atoms with van der Waals surface area (Å²) >= 11 is 3.27. The molecule has 0 unspecified atom stereocenters. The number of hydrogen-bond acceptors (Lipinski definition) is 3. The van der Waals surface area contributed by atoms with Crippen LogP contribution >= 0.6 is 28.3 Å². The van der Waals surface area contributed by atoms with Gasteiger partial charge < -0.3 is 5.32 Å². The Morgan fingerprint density at radius 2 is 1.94 bits per heavy atom. The number of nitrogens with one attached hydrogen (secondary N) is 2. The molecule has 0 atom stereocenters. The van der Waals surface area contributed by atoms with Gasteiger partial charge >= 0.3 is 0 Å². The highest BCUT2D eigenvalue weighted by atomic mass is 79.9. The van der Waals surface area contributed by atoms with Crippen LogP contribution in [-0.2, 0) is 10.0 Å². The van der Waals surface area contributed by atoms with Crippen LogP contribution in [-0.4, -0.2) is 28.6 Å². The molecule has 0 amide bonds. The van der Waals surface area contributed by atoms with Crippen LogP contribution in [0.25, 0.3) is 0 Å². The zero-order valence-corrected chi connectivity index (χ0v) is 12.9. The summed E-state index contributed by atoms with van der Waals surface area (Å²) in [4.78, 5) is 0.318. The standard InChI is InChI=1S/C10H15BrN2O2S.ClH/c1-8-3-4-9(11)7-10(8)16(14,15)13-6-5-12-2;/h3-4,7,12-13H,5-6H2,1-2H3;1H. The molecule has 17 heavy (non-hydrogen) atoms. The Kier molecular flexibility index (Phi) is 7.27. The average Bonchev–Trinajstić information content (AvgIpc) is 2.22. The molecule has 1 aromatic rings. The molecule has 0 aliphatic heterocycles. The number of halogens is 2. The fraction of sp³-hybridized carbons (Fsp3) is 0.400. The van der Waals surface area contributed by atoms with Crippen molar-refractivity contribution in [2.75, 3.05) is 20.1 Å². The molecule has 2 N–H and O–H groups in total. The summed E-state index contributed by atoms with van der Waals surface area (Å²) < 4.78 is 27.1. The van der Waals surface area contributed by atoms with E-state index in [-0.39, 0.29) is 12.4 Å². The number of sulfonamides is 1. The van der Waals surface area contributed by atoms with Crippen LogP contribution in [0.15, 0.2) is 27.6 Å². The van der Waals surface area contributed by atoms with Gasteiger partial charge in [0.15, 0.2) is 0 Å². The van der Waals surface area contributed by atoms with Gasteiger partial charge in [-0.1, -0.05) is 22.0 Å². The first-order valence-electron chi connectivity index (χ1n) is 4.88. The van der Waals surface area contributed by atoms with Gasteiger partial charge in [0.25, 0.3) is 0 Å². The summed E-state index contributed by atoms with van der Waals surface area (Å²) in [5, 5.41) is 2.88. The molecule has 4 nitrogen and oxygen atoms in total. The van der Waals surface area contributed by atoms with Crippen LogP contribution in [0.4, 0.5) is 0 Å². The lowest BCUT2D eigenvalue weighted by Crippen LogP contribution is -2.30. The van der Waals surface area contributed by atoms with E-state index >= 15 is 0 Å². The second-order valence-corrected chi connectivity index (χ2v) is 6.06. The minimum absolute atomic E-state index is 0. The van der Waals surface area contributed by atoms with Crippen LogP contribution in [0.5, 0.6) is 0 Å². The van der Waals surface area contributed by atoms with Gasteiger partial charge in [-0.25, -0.2) is 13.1 Å². The maximum atomic E-state index is 11.9. The quantitative estimate of drug-likeness (QED) is 0.800. The lowest BCUT2D eigenvalue weighted by Gasteiger charge is -2.09. The van der Waals surface area contributed by atoms with Gasteiger partial charge in [-0.2, -0.15) is 0 Å². The Bertz CT molecular complexity index is 465. The van der Waals surface area contributed by atoms with Crippen molar-refractivity contribution < 1.29 is 8.42 Å². The van der Waals surface area contributed by atoms with E-state index in [1.807, 2.05) is 6.07 Å². The van der Waals surface area contributed by atoms with Gasteiger partial charge in [-0.15, -0.1) is 12.4 Å². The molecule has 0 spiro atoms. The fourth-order valence-electron chi connectivity index (χ4n) is 1.25. The van der Waals surface area contributed by atoms with Crippen molar-refractivity contribution in [2.45, 2.75) is 11.8 Å². The molecule has 0 radical (unpaired) electrons. The molecule has 98 valence electrons. The Hall–Kier alpha value is -0.140. The van der Waals surface area contributed by atoms with E-state index in [2.05, 4.69) is 26.0 Å². The van der Waals surface area contributed by atoms with E-state index in [0.717, 1.165) is 10.0 Å². The Balaban J connectivity index is 0.00000256. The van der Waals surface area contributed by atoms with Crippen LogP contribution in [0.1, 0.15) is 5.56 Å². The molecule has 1 rings (SSSR count). The Morgan fingerprint density at radius 3 is 2.53 bits per heavy atom. The van der Waals surface area contributed by atoms with Crippen molar-refractivity contribution >= 4 is 38.4 Å². The highest BCUT2D eigenvalue weighted by molar-refractivity contribution is 9.10. The van der Waals surface area contributed by atoms with Gasteiger partial charge in [-0.3, -0.25) is 0 Å². The highest BCUT2D eigenvalue weighted by Gasteiger charge is 2.16. The third kappa shape index (κ3) is 4.93. The van der Waals surface area contributed by atoms with Crippen molar-refractivity contribution in [1.29, 1.82) is 0 Å². The number of likely N-dealkylation sites (N-methyl/N-ethyl adjacent to an activating group) is 1. The summed E-state index contributed by atoms with van der Waals surface area (Å²) in [7, 11) is -1.63. The van der Waals surface area contributed by atoms with Crippen molar-refractivity contribution in [3.8, 4) is 0 Å². The van der Waals surface area contributed by atoms with Crippen molar-refractivity contribution in [1.82, 2.24) is 10.0 Å². The minimum Gasteiger partial charge on any atom is -0.318 e. The van der Waals surface area contributed by atoms with E-state index in [0.29, 0.717) is 18.0 Å². The predicted octanol–water partition coefficient (Wildman–Crippen LogP) is 1.68. The summed E-state index contributed by atoms with van der Waals surface area (Å²) in [6.07, 6.45) is 0. The largest absolute Gasteiger partial charge is 0.318 e. The fourth-order valence-corrected chi connectivity index (χ4v) is 3.06. The SMILES string of the molecule is CNCCNS(=O)(=O)c1cc(Br)ccc1C.Cl. The maximum Gasteiger partial charge on any atom is 0.240 e. The van der Waals surface area contributed by atoms with E-state index in [9.17, 15) is 8.42 Å². The Labute approximate surface area is 117 Å². The highest BCUT2D eigenvalue weighted by Crippen LogP contribution is 2.20. The molecule has 0 heterocycles. The monoisotopic (exact) mass is 342 g/mol. The summed E-state index contributed by atoms with van der Waals surface area (Å²) in [6.45, 7) is 2.76. The maximum absolute atomic E-state index is 11.9. The molecule has 0 aliphatic rings. The van der Waals surface area contributed by atoms with Crippen molar-refractivity contribution in [2.24, 2.45) is 0 Å². The van der Waals surface area contributed by atoms with E-state index in [1.54, 1.807) is 26.1 Å². The van der Waals surface area contributed by atoms with Crippen molar-refractivity contribution in [3.05, 3.63) is 28.2 Å². The van der Waals surface area contributed by atoms with Crippen LogP contribution < -0.4 is 10.0 Å². The molecule has 0 saturated carbocycles. The van der Waals surface area contributed by atoms with Gasteiger partial charge in [0.1, 0.15) is 0 Å². The van der Waals surface area contributed by atoms with Crippen LogP contribution in [0, 0.1) is 6.92 Å². The van der Waals surface area contributed by atoms with Gasteiger partial charge in [0.05, 0.1) is 4.90 Å². The minimum atomic E-state index is -3.41. The predicted molar refractivity (Wildman–Crippen MR) is 75.2 cm³/mol. The molecule has 1 aromatic carbocycles. The number of rotatable bonds is 5. The summed E-state index contributed by atoms with van der Waals surface area (Å²) in [5.74, 6) is 0. The van der Waals surface area contributed by atoms with E-state index in [1.165, 1.54) is 0 Å². The van der Waals surface area contributed by atoms with E-state index in [4.69, 9.17) is 0 Å². The van der Waals surface area contributed by atoms with E-state index < -0.39 is 10.0 Å².